The van der Waals surface area contributed by atoms with Crippen LogP contribution in [0.4, 0.5) is 5.82 Å². The minimum atomic E-state index is -0.756. The number of nitriles is 1. The van der Waals surface area contributed by atoms with E-state index >= 15 is 0 Å². The second-order valence-electron chi connectivity index (χ2n) is 4.17. The van der Waals surface area contributed by atoms with E-state index in [2.05, 4.69) is 10.3 Å². The highest BCUT2D eigenvalue weighted by atomic mass is 16.4. The largest absolute Gasteiger partial charge is 0.481 e. The monoisotopic (exact) mass is 231 g/mol. The fourth-order valence-corrected chi connectivity index (χ4v) is 2.16. The van der Waals surface area contributed by atoms with Crippen LogP contribution < -0.4 is 5.32 Å². The van der Waals surface area contributed by atoms with Gasteiger partial charge in [0.25, 0.3) is 0 Å². The number of rotatable bonds is 3. The zero-order valence-corrected chi connectivity index (χ0v) is 9.26. The summed E-state index contributed by atoms with van der Waals surface area (Å²) in [6.07, 6.45) is 3.96. The average molecular weight is 231 g/mol. The normalized spacial score (nSPS) is 23.0. The van der Waals surface area contributed by atoms with Gasteiger partial charge in [-0.2, -0.15) is 5.26 Å². The van der Waals surface area contributed by atoms with Gasteiger partial charge >= 0.3 is 5.97 Å². The highest BCUT2D eigenvalue weighted by Crippen LogP contribution is 2.28. The van der Waals surface area contributed by atoms with E-state index in [1.165, 1.54) is 6.20 Å². The first-order valence-corrected chi connectivity index (χ1v) is 5.56. The molecule has 5 heteroatoms. The summed E-state index contributed by atoms with van der Waals surface area (Å²) in [5.41, 5.74) is 0.497. The van der Waals surface area contributed by atoms with Crippen molar-refractivity contribution in [2.45, 2.75) is 25.3 Å². The van der Waals surface area contributed by atoms with Crippen LogP contribution >= 0.6 is 0 Å². The Labute approximate surface area is 99.1 Å². The maximum Gasteiger partial charge on any atom is 0.308 e. The number of pyridine rings is 1. The van der Waals surface area contributed by atoms with E-state index in [9.17, 15) is 4.79 Å². The topological polar surface area (TPSA) is 86.0 Å². The Morgan fingerprint density at radius 2 is 2.35 bits per heavy atom. The Balaban J connectivity index is 2.05. The smallest absolute Gasteiger partial charge is 0.308 e. The van der Waals surface area contributed by atoms with E-state index in [1.807, 2.05) is 6.07 Å². The van der Waals surface area contributed by atoms with Crippen molar-refractivity contribution < 1.29 is 9.90 Å². The molecular formula is C12H13N3O2. The molecule has 2 N–H and O–H groups in total. The number of nitrogens with one attached hydrogen (secondary N) is 1. The van der Waals surface area contributed by atoms with Gasteiger partial charge in [0.05, 0.1) is 11.5 Å². The minimum absolute atomic E-state index is 0.0621. The molecule has 0 amide bonds. The van der Waals surface area contributed by atoms with E-state index in [0.29, 0.717) is 17.8 Å². The van der Waals surface area contributed by atoms with Gasteiger partial charge in [-0.3, -0.25) is 4.79 Å². The van der Waals surface area contributed by atoms with Crippen molar-refractivity contribution in [3.63, 3.8) is 0 Å². The number of nitrogens with zero attached hydrogens (tertiary/aromatic N) is 2. The quantitative estimate of drug-likeness (QED) is 0.825. The molecule has 1 fully saturated rings. The van der Waals surface area contributed by atoms with Crippen molar-refractivity contribution in [2.24, 2.45) is 5.92 Å². The number of carbonyl (C=O) groups is 1. The van der Waals surface area contributed by atoms with Crippen molar-refractivity contribution >= 4 is 11.8 Å². The number of hydrogen-bond donors (Lipinski definition) is 2. The maximum atomic E-state index is 11.0. The summed E-state index contributed by atoms with van der Waals surface area (Å²) in [6.45, 7) is 0. The summed E-state index contributed by atoms with van der Waals surface area (Å²) < 4.78 is 0. The maximum absolute atomic E-state index is 11.0. The van der Waals surface area contributed by atoms with Crippen LogP contribution in [0.1, 0.15) is 24.8 Å². The zero-order chi connectivity index (χ0) is 12.3. The van der Waals surface area contributed by atoms with Gasteiger partial charge in [-0.25, -0.2) is 4.98 Å². The van der Waals surface area contributed by atoms with Crippen molar-refractivity contribution in [1.29, 1.82) is 5.26 Å². The van der Waals surface area contributed by atoms with Gasteiger partial charge < -0.3 is 10.4 Å². The first kappa shape index (κ1) is 11.4. The predicted molar refractivity (Wildman–Crippen MR) is 61.3 cm³/mol. The molecule has 1 aromatic heterocycles. The first-order valence-electron chi connectivity index (χ1n) is 5.56. The molecule has 0 aliphatic heterocycles. The molecule has 1 aliphatic carbocycles. The van der Waals surface area contributed by atoms with Crippen LogP contribution in [-0.2, 0) is 4.79 Å². The Bertz CT molecular complexity index is 450. The van der Waals surface area contributed by atoms with E-state index in [0.717, 1.165) is 12.8 Å². The van der Waals surface area contributed by atoms with Gasteiger partial charge in [-0.05, 0) is 25.0 Å². The van der Waals surface area contributed by atoms with Gasteiger partial charge in [0.15, 0.2) is 0 Å². The van der Waals surface area contributed by atoms with Crippen molar-refractivity contribution in [3.8, 4) is 6.07 Å². The third kappa shape index (κ3) is 2.53. The lowest BCUT2D eigenvalue weighted by Gasteiger charge is -2.17. The lowest BCUT2D eigenvalue weighted by atomic mass is 10.0. The SMILES string of the molecule is N#Cc1ccc(NC2CCCC2C(=O)O)nc1. The molecule has 17 heavy (non-hydrogen) atoms. The molecule has 2 atom stereocenters. The lowest BCUT2D eigenvalue weighted by Crippen LogP contribution is -2.30. The number of aliphatic carboxylic acids is 1. The van der Waals surface area contributed by atoms with Gasteiger partial charge in [-0.1, -0.05) is 6.42 Å². The molecule has 2 unspecified atom stereocenters. The molecular weight excluding hydrogens is 218 g/mol. The van der Waals surface area contributed by atoms with Crippen molar-refractivity contribution in [3.05, 3.63) is 23.9 Å². The highest BCUT2D eigenvalue weighted by Gasteiger charge is 2.32. The standard InChI is InChI=1S/C12H13N3O2/c13-6-8-4-5-11(14-7-8)15-10-3-1-2-9(10)12(16)17/h4-5,7,9-10H,1-3H2,(H,14,15)(H,16,17). The van der Waals surface area contributed by atoms with Crippen molar-refractivity contribution in [1.82, 2.24) is 4.98 Å². The Kier molecular flexibility index (Phi) is 3.24. The molecule has 2 rings (SSSR count). The van der Waals surface area contributed by atoms with Crippen LogP contribution in [0.5, 0.6) is 0 Å². The molecule has 1 aliphatic rings. The summed E-state index contributed by atoms with van der Waals surface area (Å²) in [5.74, 6) is -0.469. The second kappa shape index (κ2) is 4.83. The molecule has 1 aromatic rings. The number of hydrogen-bond acceptors (Lipinski definition) is 4. The zero-order valence-electron chi connectivity index (χ0n) is 9.26. The molecule has 0 spiro atoms. The molecule has 0 radical (unpaired) electrons. The van der Waals surface area contributed by atoms with Crippen LogP contribution in [0.15, 0.2) is 18.3 Å². The molecule has 1 saturated carbocycles. The fraction of sp³-hybridized carbons (Fsp3) is 0.417. The van der Waals surface area contributed by atoms with E-state index in [1.54, 1.807) is 12.1 Å². The van der Waals surface area contributed by atoms with Crippen LogP contribution in [-0.4, -0.2) is 22.1 Å². The Morgan fingerprint density at radius 3 is 2.94 bits per heavy atom. The van der Waals surface area contributed by atoms with Gasteiger partial charge in [0.2, 0.25) is 0 Å². The van der Waals surface area contributed by atoms with Crippen LogP contribution in [0.3, 0.4) is 0 Å². The average Bonchev–Trinajstić information content (AvgIpc) is 2.78. The summed E-state index contributed by atoms with van der Waals surface area (Å²) in [7, 11) is 0. The van der Waals surface area contributed by atoms with Crippen molar-refractivity contribution in [2.75, 3.05) is 5.32 Å². The van der Waals surface area contributed by atoms with Crippen LogP contribution in [0.25, 0.3) is 0 Å². The number of anilines is 1. The second-order valence-corrected chi connectivity index (χ2v) is 4.17. The van der Waals surface area contributed by atoms with E-state index in [-0.39, 0.29) is 12.0 Å². The summed E-state index contributed by atoms with van der Waals surface area (Å²) >= 11 is 0. The summed E-state index contributed by atoms with van der Waals surface area (Å²) in [4.78, 5) is 15.1. The number of aromatic nitrogens is 1. The lowest BCUT2D eigenvalue weighted by molar-refractivity contribution is -0.141. The van der Waals surface area contributed by atoms with E-state index in [4.69, 9.17) is 10.4 Å². The predicted octanol–water partition coefficient (Wildman–Crippen LogP) is 1.62. The number of carboxylic acids is 1. The molecule has 0 aromatic carbocycles. The minimum Gasteiger partial charge on any atom is -0.481 e. The highest BCUT2D eigenvalue weighted by molar-refractivity contribution is 5.72. The molecule has 5 nitrogen and oxygen atoms in total. The Hall–Kier alpha value is -2.09. The molecule has 1 heterocycles. The first-order chi connectivity index (χ1) is 8.20. The van der Waals surface area contributed by atoms with Gasteiger partial charge in [0.1, 0.15) is 11.9 Å². The molecule has 0 saturated heterocycles. The third-order valence-corrected chi connectivity index (χ3v) is 3.06. The van der Waals surface area contributed by atoms with Gasteiger partial charge in [0, 0.05) is 12.2 Å². The van der Waals surface area contributed by atoms with Crippen LogP contribution in [0, 0.1) is 17.2 Å². The van der Waals surface area contributed by atoms with Gasteiger partial charge in [-0.15, -0.1) is 0 Å². The molecule has 0 bridgehead atoms. The summed E-state index contributed by atoms with van der Waals surface area (Å²) in [6, 6.07) is 5.30. The van der Waals surface area contributed by atoms with E-state index < -0.39 is 5.97 Å². The van der Waals surface area contributed by atoms with Crippen LogP contribution in [0.2, 0.25) is 0 Å². The summed E-state index contributed by atoms with van der Waals surface area (Å²) in [5, 5.41) is 20.8. The fourth-order valence-electron chi connectivity index (χ4n) is 2.16. The number of carboxylic acid groups (broad SMARTS) is 1. The Morgan fingerprint density at radius 1 is 1.53 bits per heavy atom. The third-order valence-electron chi connectivity index (χ3n) is 3.06. The molecule has 88 valence electrons.